The lowest BCUT2D eigenvalue weighted by Crippen LogP contribution is -2.54. The van der Waals surface area contributed by atoms with Crippen LogP contribution in [0.1, 0.15) is 32.7 Å². The van der Waals surface area contributed by atoms with Gasteiger partial charge in [0.2, 0.25) is 11.8 Å². The zero-order valence-electron chi connectivity index (χ0n) is 19.4. The summed E-state index contributed by atoms with van der Waals surface area (Å²) in [7, 11) is 0. The van der Waals surface area contributed by atoms with Crippen molar-refractivity contribution < 1.29 is 40.7 Å². The fourth-order valence-electron chi connectivity index (χ4n) is 3.50. The number of primary amides is 1. The van der Waals surface area contributed by atoms with Gasteiger partial charge in [0, 0.05) is 30.3 Å². The van der Waals surface area contributed by atoms with Crippen LogP contribution in [0.3, 0.4) is 0 Å². The standard InChI is InChI=1S/C24H21F6N5O3/c25-23(26,27)15-7-14(8-16(9-15)24(28,29)30)21(37)35-19(6-13-4-2-1-3-5-13)22(38)34-18(20(31)36)10-17-11-32-12-33-17/h1-5,7-9,11-12,18-19H,6,10H2,(H2,31,36)(H,32,33)(H,34,38)(H,35,37). The summed E-state index contributed by atoms with van der Waals surface area (Å²) >= 11 is 0. The summed E-state index contributed by atoms with van der Waals surface area (Å²) in [5, 5.41) is 4.55. The van der Waals surface area contributed by atoms with E-state index in [4.69, 9.17) is 5.73 Å². The third-order valence-corrected chi connectivity index (χ3v) is 5.39. The van der Waals surface area contributed by atoms with Gasteiger partial charge in [0.25, 0.3) is 5.91 Å². The monoisotopic (exact) mass is 541 g/mol. The van der Waals surface area contributed by atoms with Crippen molar-refractivity contribution in [2.45, 2.75) is 37.3 Å². The number of amides is 3. The molecular weight excluding hydrogens is 520 g/mol. The number of nitrogens with one attached hydrogen (secondary N) is 3. The Hall–Kier alpha value is -4.36. The van der Waals surface area contributed by atoms with Crippen LogP contribution in [0.15, 0.2) is 61.1 Å². The Bertz CT molecular complexity index is 1240. The van der Waals surface area contributed by atoms with Gasteiger partial charge in [-0.15, -0.1) is 0 Å². The lowest BCUT2D eigenvalue weighted by molar-refractivity contribution is -0.143. The number of aromatic amines is 1. The molecule has 0 aliphatic heterocycles. The highest BCUT2D eigenvalue weighted by atomic mass is 19.4. The first kappa shape index (κ1) is 28.2. The molecule has 38 heavy (non-hydrogen) atoms. The van der Waals surface area contributed by atoms with E-state index < -0.39 is 58.8 Å². The maximum absolute atomic E-state index is 13.2. The third-order valence-electron chi connectivity index (χ3n) is 5.39. The van der Waals surface area contributed by atoms with Crippen molar-refractivity contribution in [2.75, 3.05) is 0 Å². The number of rotatable bonds is 9. The number of carbonyl (C=O) groups is 3. The Labute approximate surface area is 211 Å². The number of imidazole rings is 1. The molecule has 202 valence electrons. The van der Waals surface area contributed by atoms with E-state index in [2.05, 4.69) is 20.6 Å². The molecule has 0 spiro atoms. The highest BCUT2D eigenvalue weighted by molar-refractivity contribution is 5.98. The second-order valence-corrected chi connectivity index (χ2v) is 8.25. The lowest BCUT2D eigenvalue weighted by Gasteiger charge is -2.22. The molecule has 2 unspecified atom stereocenters. The molecule has 2 aromatic carbocycles. The minimum Gasteiger partial charge on any atom is -0.368 e. The van der Waals surface area contributed by atoms with Crippen LogP contribution in [0, 0.1) is 0 Å². The van der Waals surface area contributed by atoms with Crippen LogP contribution in [0.4, 0.5) is 26.3 Å². The molecule has 3 aromatic rings. The summed E-state index contributed by atoms with van der Waals surface area (Å²) in [5.41, 5.74) is 2.00. The molecule has 0 saturated heterocycles. The summed E-state index contributed by atoms with van der Waals surface area (Å²) in [4.78, 5) is 44.4. The molecule has 0 bridgehead atoms. The SMILES string of the molecule is NC(=O)C(Cc1cnc[nH]1)NC(=O)C(Cc1ccccc1)NC(=O)c1cc(C(F)(F)F)cc(C(F)(F)F)c1. The number of hydrogen-bond donors (Lipinski definition) is 4. The van der Waals surface area contributed by atoms with Crippen molar-refractivity contribution in [3.8, 4) is 0 Å². The molecule has 14 heteroatoms. The minimum absolute atomic E-state index is 0.0877. The topological polar surface area (TPSA) is 130 Å². The molecule has 3 rings (SSSR count). The van der Waals surface area contributed by atoms with Gasteiger partial charge in [-0.1, -0.05) is 30.3 Å². The molecule has 8 nitrogen and oxygen atoms in total. The molecule has 1 aromatic heterocycles. The zero-order valence-corrected chi connectivity index (χ0v) is 19.4. The average Bonchev–Trinajstić information content (AvgIpc) is 3.35. The molecule has 3 amide bonds. The highest BCUT2D eigenvalue weighted by Crippen LogP contribution is 2.36. The van der Waals surface area contributed by atoms with Crippen molar-refractivity contribution in [1.82, 2.24) is 20.6 Å². The fraction of sp³-hybridized carbons (Fsp3) is 0.250. The zero-order chi connectivity index (χ0) is 28.1. The first-order valence-corrected chi connectivity index (χ1v) is 10.9. The van der Waals surface area contributed by atoms with Gasteiger partial charge in [-0.05, 0) is 23.8 Å². The summed E-state index contributed by atoms with van der Waals surface area (Å²) in [5.74, 6) is -3.22. The molecule has 0 aliphatic rings. The number of halogens is 6. The second-order valence-electron chi connectivity index (χ2n) is 8.25. The van der Waals surface area contributed by atoms with Crippen LogP contribution in [-0.4, -0.2) is 39.8 Å². The largest absolute Gasteiger partial charge is 0.416 e. The predicted octanol–water partition coefficient (Wildman–Crippen LogP) is 3.00. The number of alkyl halides is 6. The third kappa shape index (κ3) is 7.57. The van der Waals surface area contributed by atoms with E-state index in [9.17, 15) is 40.7 Å². The Morgan fingerprint density at radius 1 is 0.868 bits per heavy atom. The van der Waals surface area contributed by atoms with E-state index in [1.54, 1.807) is 30.3 Å². The number of nitrogens with two attached hydrogens (primary N) is 1. The molecule has 0 saturated carbocycles. The van der Waals surface area contributed by atoms with Crippen LogP contribution in [-0.2, 0) is 34.8 Å². The molecule has 0 aliphatic carbocycles. The molecule has 0 fully saturated rings. The van der Waals surface area contributed by atoms with Gasteiger partial charge in [0.1, 0.15) is 12.1 Å². The molecular formula is C24H21F6N5O3. The van der Waals surface area contributed by atoms with E-state index in [1.165, 1.54) is 12.5 Å². The smallest absolute Gasteiger partial charge is 0.368 e. The van der Waals surface area contributed by atoms with Crippen LogP contribution < -0.4 is 16.4 Å². The Balaban J connectivity index is 1.91. The van der Waals surface area contributed by atoms with Crippen LogP contribution in [0.25, 0.3) is 0 Å². The van der Waals surface area contributed by atoms with Crippen LogP contribution in [0.5, 0.6) is 0 Å². The maximum Gasteiger partial charge on any atom is 0.416 e. The quantitative estimate of drug-likeness (QED) is 0.311. The first-order valence-electron chi connectivity index (χ1n) is 10.9. The van der Waals surface area contributed by atoms with Gasteiger partial charge in [0.15, 0.2) is 0 Å². The minimum atomic E-state index is -5.17. The molecule has 0 radical (unpaired) electrons. The van der Waals surface area contributed by atoms with Gasteiger partial charge >= 0.3 is 12.4 Å². The summed E-state index contributed by atoms with van der Waals surface area (Å²) < 4.78 is 79.4. The van der Waals surface area contributed by atoms with Crippen LogP contribution in [0.2, 0.25) is 0 Å². The van der Waals surface area contributed by atoms with Crippen molar-refractivity contribution in [1.29, 1.82) is 0 Å². The first-order chi connectivity index (χ1) is 17.7. The van der Waals surface area contributed by atoms with Gasteiger partial charge < -0.3 is 21.4 Å². The molecule has 5 N–H and O–H groups in total. The van der Waals surface area contributed by atoms with Gasteiger partial charge in [-0.3, -0.25) is 14.4 Å². The Morgan fingerprint density at radius 2 is 1.47 bits per heavy atom. The summed E-state index contributed by atoms with van der Waals surface area (Å²) in [6.45, 7) is 0. The van der Waals surface area contributed by atoms with Crippen molar-refractivity contribution in [3.63, 3.8) is 0 Å². The number of benzene rings is 2. The lowest BCUT2D eigenvalue weighted by atomic mass is 10.0. The number of nitrogens with zero attached hydrogens (tertiary/aromatic N) is 1. The van der Waals surface area contributed by atoms with Crippen molar-refractivity contribution >= 4 is 17.7 Å². The molecule has 1 heterocycles. The van der Waals surface area contributed by atoms with E-state index in [0.717, 1.165) is 0 Å². The summed E-state index contributed by atoms with van der Waals surface area (Å²) in [6.07, 6.45) is -7.90. The van der Waals surface area contributed by atoms with Crippen molar-refractivity contribution in [2.24, 2.45) is 5.73 Å². The second kappa shape index (κ2) is 11.4. The van der Waals surface area contributed by atoms with E-state index in [0.29, 0.717) is 11.3 Å². The van der Waals surface area contributed by atoms with Gasteiger partial charge in [0.05, 0.1) is 17.5 Å². The normalized spacial score (nSPS) is 13.4. The Kier molecular flexibility index (Phi) is 8.43. The number of hydrogen-bond acceptors (Lipinski definition) is 4. The number of carbonyl (C=O) groups excluding carboxylic acids is 3. The van der Waals surface area contributed by atoms with E-state index in [-0.39, 0.29) is 31.0 Å². The highest BCUT2D eigenvalue weighted by Gasteiger charge is 2.38. The van der Waals surface area contributed by atoms with E-state index >= 15 is 0 Å². The van der Waals surface area contributed by atoms with E-state index in [1.807, 2.05) is 0 Å². The molecule has 2 atom stereocenters. The fourth-order valence-corrected chi connectivity index (χ4v) is 3.50. The van der Waals surface area contributed by atoms with Gasteiger partial charge in [-0.25, -0.2) is 4.98 Å². The predicted molar refractivity (Wildman–Crippen MR) is 121 cm³/mol. The average molecular weight is 541 g/mol. The van der Waals surface area contributed by atoms with Crippen molar-refractivity contribution in [3.05, 3.63) is 89.0 Å². The van der Waals surface area contributed by atoms with Crippen LogP contribution >= 0.6 is 0 Å². The maximum atomic E-state index is 13.2. The Morgan fingerprint density at radius 3 is 1.97 bits per heavy atom. The number of H-pyrrole nitrogens is 1. The number of aromatic nitrogens is 2. The summed E-state index contributed by atoms with van der Waals surface area (Å²) in [6, 6.07) is 5.75. The van der Waals surface area contributed by atoms with Gasteiger partial charge in [-0.2, -0.15) is 26.3 Å².